The first-order valence-corrected chi connectivity index (χ1v) is 5.99. The molecule has 11 heavy (non-hydrogen) atoms. The Morgan fingerprint density at radius 2 is 1.64 bits per heavy atom. The van der Waals surface area contributed by atoms with Gasteiger partial charge in [-0.2, -0.15) is 0 Å². The standard InChI is InChI=1S/C8H17O2P/c9-8-6-4-2-1-3-5-7-11(8)10/h8-10H,1-7H2. The minimum atomic E-state index is -1.06. The molecule has 0 radical (unpaired) electrons. The normalized spacial score (nSPS) is 35.5. The van der Waals surface area contributed by atoms with E-state index in [-0.39, 0.29) is 0 Å². The molecule has 66 valence electrons. The van der Waals surface area contributed by atoms with Crippen LogP contribution in [0.1, 0.15) is 38.5 Å². The maximum absolute atomic E-state index is 9.42. The maximum atomic E-state index is 9.42. The minimum absolute atomic E-state index is 0.400. The van der Waals surface area contributed by atoms with Crippen LogP contribution < -0.4 is 0 Å². The molecule has 0 saturated carbocycles. The van der Waals surface area contributed by atoms with E-state index in [2.05, 4.69) is 0 Å². The Morgan fingerprint density at radius 1 is 1.00 bits per heavy atom. The van der Waals surface area contributed by atoms with E-state index in [0.717, 1.165) is 25.4 Å². The zero-order chi connectivity index (χ0) is 8.10. The van der Waals surface area contributed by atoms with Crippen molar-refractivity contribution < 1.29 is 10.00 Å². The molecule has 1 aliphatic heterocycles. The van der Waals surface area contributed by atoms with Gasteiger partial charge < -0.3 is 10.00 Å². The first kappa shape index (κ1) is 9.44. The molecule has 0 bridgehead atoms. The molecule has 2 atom stereocenters. The molecule has 2 unspecified atom stereocenters. The molecule has 0 amide bonds. The average molecular weight is 176 g/mol. The summed E-state index contributed by atoms with van der Waals surface area (Å²) in [7, 11) is -1.06. The van der Waals surface area contributed by atoms with Crippen molar-refractivity contribution in [3.8, 4) is 0 Å². The van der Waals surface area contributed by atoms with Crippen molar-refractivity contribution in [3.63, 3.8) is 0 Å². The van der Waals surface area contributed by atoms with Crippen LogP contribution in [-0.4, -0.2) is 22.0 Å². The summed E-state index contributed by atoms with van der Waals surface area (Å²) < 4.78 is 0. The monoisotopic (exact) mass is 176 g/mol. The quantitative estimate of drug-likeness (QED) is 0.554. The van der Waals surface area contributed by atoms with E-state index in [4.69, 9.17) is 0 Å². The average Bonchev–Trinajstić information content (AvgIpc) is 2.07. The van der Waals surface area contributed by atoms with Crippen molar-refractivity contribution in [3.05, 3.63) is 0 Å². The van der Waals surface area contributed by atoms with Gasteiger partial charge in [0.25, 0.3) is 0 Å². The van der Waals surface area contributed by atoms with Gasteiger partial charge in [-0.1, -0.05) is 25.7 Å². The molecule has 0 aromatic carbocycles. The molecule has 0 aliphatic carbocycles. The minimum Gasteiger partial charge on any atom is -0.386 e. The molecule has 2 N–H and O–H groups in total. The fourth-order valence-electron chi connectivity index (χ4n) is 1.43. The molecule has 1 fully saturated rings. The van der Waals surface area contributed by atoms with E-state index in [1.807, 2.05) is 0 Å². The smallest absolute Gasteiger partial charge is 0.0975 e. The van der Waals surface area contributed by atoms with E-state index in [1.165, 1.54) is 19.3 Å². The Morgan fingerprint density at radius 3 is 2.45 bits per heavy atom. The predicted octanol–water partition coefficient (Wildman–Crippen LogP) is 2.05. The topological polar surface area (TPSA) is 40.5 Å². The van der Waals surface area contributed by atoms with Gasteiger partial charge in [0, 0.05) is 0 Å². The lowest BCUT2D eigenvalue weighted by atomic mass is 10.1. The number of hydrogen-bond acceptors (Lipinski definition) is 2. The van der Waals surface area contributed by atoms with Gasteiger partial charge in [0.2, 0.25) is 0 Å². The summed E-state index contributed by atoms with van der Waals surface area (Å²) in [5.74, 6) is -0.400. The van der Waals surface area contributed by atoms with Crippen molar-refractivity contribution >= 4 is 8.15 Å². The first-order chi connectivity index (χ1) is 5.30. The summed E-state index contributed by atoms with van der Waals surface area (Å²) in [6.07, 6.45) is 7.56. The summed E-state index contributed by atoms with van der Waals surface area (Å²) in [5, 5.41) is 9.39. The molecule has 1 heterocycles. The van der Waals surface area contributed by atoms with E-state index in [0.29, 0.717) is 0 Å². The second kappa shape index (κ2) is 5.08. The highest BCUT2D eigenvalue weighted by molar-refractivity contribution is 7.52. The highest BCUT2D eigenvalue weighted by Gasteiger charge is 2.16. The van der Waals surface area contributed by atoms with Crippen molar-refractivity contribution in [2.75, 3.05) is 6.16 Å². The van der Waals surface area contributed by atoms with Gasteiger partial charge in [-0.05, 0) is 19.0 Å². The van der Waals surface area contributed by atoms with Crippen LogP contribution in [0.3, 0.4) is 0 Å². The van der Waals surface area contributed by atoms with Crippen LogP contribution in [0.4, 0.5) is 0 Å². The van der Waals surface area contributed by atoms with E-state index in [9.17, 15) is 10.00 Å². The van der Waals surface area contributed by atoms with Crippen molar-refractivity contribution in [2.24, 2.45) is 0 Å². The molecule has 0 spiro atoms. The van der Waals surface area contributed by atoms with Crippen LogP contribution in [-0.2, 0) is 0 Å². The summed E-state index contributed by atoms with van der Waals surface area (Å²) in [6, 6.07) is 0. The maximum Gasteiger partial charge on any atom is 0.0975 e. The molecule has 0 aromatic rings. The zero-order valence-corrected chi connectivity index (χ0v) is 7.76. The SMILES string of the molecule is OC1CCCCCCCP1O. The van der Waals surface area contributed by atoms with Crippen molar-refractivity contribution in [1.29, 1.82) is 0 Å². The zero-order valence-electron chi connectivity index (χ0n) is 6.87. The fourth-order valence-corrected chi connectivity index (χ4v) is 2.76. The predicted molar refractivity (Wildman–Crippen MR) is 47.7 cm³/mol. The number of hydrogen-bond donors (Lipinski definition) is 2. The fraction of sp³-hybridized carbons (Fsp3) is 1.00. The summed E-state index contributed by atoms with van der Waals surface area (Å²) in [4.78, 5) is 9.42. The van der Waals surface area contributed by atoms with E-state index < -0.39 is 14.0 Å². The Kier molecular flexibility index (Phi) is 4.36. The van der Waals surface area contributed by atoms with Crippen LogP contribution in [0.15, 0.2) is 0 Å². The molecule has 1 aliphatic rings. The molecule has 3 heteroatoms. The van der Waals surface area contributed by atoms with Gasteiger partial charge in [-0.15, -0.1) is 0 Å². The number of aliphatic hydroxyl groups excluding tert-OH is 1. The van der Waals surface area contributed by atoms with Crippen molar-refractivity contribution in [1.82, 2.24) is 0 Å². The molecule has 0 aromatic heterocycles. The van der Waals surface area contributed by atoms with E-state index in [1.54, 1.807) is 0 Å². The van der Waals surface area contributed by atoms with Crippen LogP contribution in [0.5, 0.6) is 0 Å². The third-order valence-corrected chi connectivity index (χ3v) is 3.91. The van der Waals surface area contributed by atoms with Gasteiger partial charge in [-0.3, -0.25) is 0 Å². The van der Waals surface area contributed by atoms with Gasteiger partial charge >= 0.3 is 0 Å². The highest BCUT2D eigenvalue weighted by Crippen LogP contribution is 2.39. The molecule has 1 saturated heterocycles. The van der Waals surface area contributed by atoms with Gasteiger partial charge in [0.1, 0.15) is 0 Å². The molecule has 1 rings (SSSR count). The number of rotatable bonds is 0. The summed E-state index contributed by atoms with van der Waals surface area (Å²) >= 11 is 0. The molecular formula is C8H17O2P. The second-order valence-electron chi connectivity index (χ2n) is 3.20. The summed E-state index contributed by atoms with van der Waals surface area (Å²) in [5.41, 5.74) is 0. The highest BCUT2D eigenvalue weighted by atomic mass is 31.1. The van der Waals surface area contributed by atoms with Crippen LogP contribution in [0.2, 0.25) is 0 Å². The van der Waals surface area contributed by atoms with Crippen LogP contribution in [0, 0.1) is 0 Å². The molecular weight excluding hydrogens is 159 g/mol. The first-order valence-electron chi connectivity index (χ1n) is 4.44. The number of aliphatic hydroxyl groups is 1. The molecule has 2 nitrogen and oxygen atoms in total. The van der Waals surface area contributed by atoms with Gasteiger partial charge in [0.05, 0.1) is 14.0 Å². The Labute approximate surface area is 69.5 Å². The Hall–Kier alpha value is 0.350. The van der Waals surface area contributed by atoms with Crippen LogP contribution in [0.25, 0.3) is 0 Å². The third kappa shape index (κ3) is 3.50. The third-order valence-electron chi connectivity index (χ3n) is 2.19. The Bertz CT molecular complexity index is 96.3. The largest absolute Gasteiger partial charge is 0.386 e. The van der Waals surface area contributed by atoms with Gasteiger partial charge in [0.15, 0.2) is 0 Å². The lowest BCUT2D eigenvalue weighted by Gasteiger charge is -2.15. The second-order valence-corrected chi connectivity index (χ2v) is 5.12. The van der Waals surface area contributed by atoms with Crippen LogP contribution >= 0.6 is 8.15 Å². The Balaban J connectivity index is 2.29. The lowest BCUT2D eigenvalue weighted by molar-refractivity contribution is 0.231. The van der Waals surface area contributed by atoms with Crippen molar-refractivity contribution in [2.45, 2.75) is 44.4 Å². The lowest BCUT2D eigenvalue weighted by Crippen LogP contribution is -2.04. The van der Waals surface area contributed by atoms with E-state index >= 15 is 0 Å². The van der Waals surface area contributed by atoms with Gasteiger partial charge in [-0.25, -0.2) is 0 Å². The summed E-state index contributed by atoms with van der Waals surface area (Å²) in [6.45, 7) is 0.